The van der Waals surface area contributed by atoms with Gasteiger partial charge in [-0.25, -0.2) is 4.98 Å². The predicted octanol–water partition coefficient (Wildman–Crippen LogP) is 3.48. The number of nitrogens with zero attached hydrogens (tertiary/aromatic N) is 2. The predicted molar refractivity (Wildman–Crippen MR) is 92.5 cm³/mol. The molecule has 1 heterocycles. The molecule has 0 radical (unpaired) electrons. The Morgan fingerprint density at radius 3 is 2.57 bits per heavy atom. The zero-order valence-electron chi connectivity index (χ0n) is 14.4. The van der Waals surface area contributed by atoms with E-state index >= 15 is 0 Å². The SMILES string of the molecule is COCCNCc1sc(N(C)CCC(C)C)nc1C(C)C. The van der Waals surface area contributed by atoms with Gasteiger partial charge in [0, 0.05) is 38.7 Å². The molecule has 0 bridgehead atoms. The molecule has 1 N–H and O–H groups in total. The van der Waals surface area contributed by atoms with E-state index in [-0.39, 0.29) is 0 Å². The van der Waals surface area contributed by atoms with Gasteiger partial charge < -0.3 is 15.0 Å². The molecular weight excluding hydrogens is 282 g/mol. The molecule has 0 aliphatic heterocycles. The topological polar surface area (TPSA) is 37.4 Å². The van der Waals surface area contributed by atoms with Crippen LogP contribution in [0.1, 0.15) is 50.6 Å². The zero-order chi connectivity index (χ0) is 15.8. The summed E-state index contributed by atoms with van der Waals surface area (Å²) in [7, 11) is 3.88. The average Bonchev–Trinajstić information content (AvgIpc) is 2.85. The number of rotatable bonds is 10. The molecule has 122 valence electrons. The van der Waals surface area contributed by atoms with E-state index in [1.165, 1.54) is 17.0 Å². The number of methoxy groups -OCH3 is 1. The van der Waals surface area contributed by atoms with E-state index in [9.17, 15) is 0 Å². The van der Waals surface area contributed by atoms with Gasteiger partial charge in [-0.1, -0.05) is 27.7 Å². The monoisotopic (exact) mass is 313 g/mol. The Balaban J connectivity index is 2.69. The Bertz CT molecular complexity index is 404. The highest BCUT2D eigenvalue weighted by Gasteiger charge is 2.16. The molecule has 5 heteroatoms. The molecule has 21 heavy (non-hydrogen) atoms. The lowest BCUT2D eigenvalue weighted by Crippen LogP contribution is -2.19. The molecule has 0 amide bonds. The van der Waals surface area contributed by atoms with Crippen LogP contribution in [0.2, 0.25) is 0 Å². The molecule has 1 rings (SSSR count). The second kappa shape index (κ2) is 9.38. The van der Waals surface area contributed by atoms with Crippen molar-refractivity contribution in [1.82, 2.24) is 10.3 Å². The quantitative estimate of drug-likeness (QED) is 0.671. The van der Waals surface area contributed by atoms with Crippen LogP contribution in [0, 0.1) is 5.92 Å². The molecule has 4 nitrogen and oxygen atoms in total. The summed E-state index contributed by atoms with van der Waals surface area (Å²) in [6, 6.07) is 0. The van der Waals surface area contributed by atoms with Gasteiger partial charge in [-0.2, -0.15) is 0 Å². The van der Waals surface area contributed by atoms with Crippen LogP contribution in [0.15, 0.2) is 0 Å². The van der Waals surface area contributed by atoms with Crippen molar-refractivity contribution >= 4 is 16.5 Å². The van der Waals surface area contributed by atoms with E-state index in [2.05, 4.69) is 45.0 Å². The minimum Gasteiger partial charge on any atom is -0.383 e. The summed E-state index contributed by atoms with van der Waals surface area (Å²) in [6.45, 7) is 12.5. The summed E-state index contributed by atoms with van der Waals surface area (Å²) >= 11 is 1.82. The molecule has 0 unspecified atom stereocenters. The van der Waals surface area contributed by atoms with Gasteiger partial charge in [0.25, 0.3) is 0 Å². The van der Waals surface area contributed by atoms with Crippen molar-refractivity contribution in [3.63, 3.8) is 0 Å². The fourth-order valence-corrected chi connectivity index (χ4v) is 3.19. The summed E-state index contributed by atoms with van der Waals surface area (Å²) in [4.78, 5) is 8.50. The number of thiazole rings is 1. The minimum absolute atomic E-state index is 0.465. The molecule has 0 saturated carbocycles. The summed E-state index contributed by atoms with van der Waals surface area (Å²) < 4.78 is 5.07. The van der Waals surface area contributed by atoms with Gasteiger partial charge in [0.2, 0.25) is 0 Å². The maximum absolute atomic E-state index is 5.07. The van der Waals surface area contributed by atoms with E-state index in [1.54, 1.807) is 7.11 Å². The molecule has 0 aliphatic carbocycles. The van der Waals surface area contributed by atoms with E-state index in [0.717, 1.165) is 37.3 Å². The van der Waals surface area contributed by atoms with Gasteiger partial charge in [-0.05, 0) is 18.3 Å². The first-order chi connectivity index (χ1) is 9.95. The first kappa shape index (κ1) is 18.4. The van der Waals surface area contributed by atoms with E-state index in [1.807, 2.05) is 11.3 Å². The van der Waals surface area contributed by atoms with Crippen LogP contribution in [-0.2, 0) is 11.3 Å². The Morgan fingerprint density at radius 2 is 2.00 bits per heavy atom. The van der Waals surface area contributed by atoms with Crippen LogP contribution in [0.25, 0.3) is 0 Å². The van der Waals surface area contributed by atoms with Gasteiger partial charge in [-0.15, -0.1) is 11.3 Å². The Labute approximate surface area is 133 Å². The van der Waals surface area contributed by atoms with Crippen molar-refractivity contribution in [3.05, 3.63) is 10.6 Å². The second-order valence-corrected chi connectivity index (χ2v) is 7.30. The molecule has 0 fully saturated rings. The lowest BCUT2D eigenvalue weighted by atomic mass is 10.1. The minimum atomic E-state index is 0.465. The van der Waals surface area contributed by atoms with E-state index in [0.29, 0.717) is 5.92 Å². The highest BCUT2D eigenvalue weighted by molar-refractivity contribution is 7.15. The first-order valence-electron chi connectivity index (χ1n) is 7.86. The van der Waals surface area contributed by atoms with Gasteiger partial charge in [0.15, 0.2) is 5.13 Å². The van der Waals surface area contributed by atoms with Crippen LogP contribution in [0.4, 0.5) is 5.13 Å². The number of ether oxygens (including phenoxy) is 1. The Kier molecular flexibility index (Phi) is 8.22. The van der Waals surface area contributed by atoms with Crippen LogP contribution in [0.5, 0.6) is 0 Å². The molecule has 1 aromatic heterocycles. The van der Waals surface area contributed by atoms with Crippen molar-refractivity contribution < 1.29 is 4.74 Å². The Morgan fingerprint density at radius 1 is 1.29 bits per heavy atom. The zero-order valence-corrected chi connectivity index (χ0v) is 15.2. The van der Waals surface area contributed by atoms with Gasteiger partial charge in [0.1, 0.15) is 0 Å². The molecule has 0 aliphatic rings. The largest absolute Gasteiger partial charge is 0.383 e. The lowest BCUT2D eigenvalue weighted by Gasteiger charge is -2.16. The highest BCUT2D eigenvalue weighted by Crippen LogP contribution is 2.30. The fraction of sp³-hybridized carbons (Fsp3) is 0.812. The molecule has 0 atom stereocenters. The van der Waals surface area contributed by atoms with Gasteiger partial charge in [-0.3, -0.25) is 0 Å². The van der Waals surface area contributed by atoms with Gasteiger partial charge >= 0.3 is 0 Å². The summed E-state index contributed by atoms with van der Waals surface area (Å²) in [5, 5.41) is 4.57. The van der Waals surface area contributed by atoms with Crippen molar-refractivity contribution in [2.45, 2.75) is 46.6 Å². The number of hydrogen-bond donors (Lipinski definition) is 1. The summed E-state index contributed by atoms with van der Waals surface area (Å²) in [5.74, 6) is 1.19. The Hall–Kier alpha value is -0.650. The van der Waals surface area contributed by atoms with Crippen LogP contribution >= 0.6 is 11.3 Å². The van der Waals surface area contributed by atoms with Crippen LogP contribution in [-0.4, -0.2) is 38.8 Å². The number of aromatic nitrogens is 1. The highest BCUT2D eigenvalue weighted by atomic mass is 32.1. The van der Waals surface area contributed by atoms with Crippen LogP contribution in [0.3, 0.4) is 0 Å². The molecule has 0 aromatic carbocycles. The van der Waals surface area contributed by atoms with Crippen molar-refractivity contribution in [2.75, 3.05) is 38.8 Å². The second-order valence-electron chi connectivity index (χ2n) is 6.23. The molecule has 0 spiro atoms. The maximum atomic E-state index is 5.07. The van der Waals surface area contributed by atoms with Crippen molar-refractivity contribution in [3.8, 4) is 0 Å². The van der Waals surface area contributed by atoms with Crippen molar-refractivity contribution in [2.24, 2.45) is 5.92 Å². The first-order valence-corrected chi connectivity index (χ1v) is 8.67. The molecule has 0 saturated heterocycles. The maximum Gasteiger partial charge on any atom is 0.185 e. The average molecular weight is 314 g/mol. The fourth-order valence-electron chi connectivity index (χ4n) is 2.02. The van der Waals surface area contributed by atoms with Crippen LogP contribution < -0.4 is 10.2 Å². The number of nitrogens with one attached hydrogen (secondary N) is 1. The normalized spacial score (nSPS) is 11.6. The third-order valence-electron chi connectivity index (χ3n) is 3.40. The number of hydrogen-bond acceptors (Lipinski definition) is 5. The standard InChI is InChI=1S/C16H31N3OS/c1-12(2)7-9-19(5)16-18-15(13(3)4)14(21-16)11-17-8-10-20-6/h12-13,17H,7-11H2,1-6H3. The van der Waals surface area contributed by atoms with Crippen molar-refractivity contribution in [1.29, 1.82) is 0 Å². The molecular formula is C16H31N3OS. The third kappa shape index (κ3) is 6.32. The van der Waals surface area contributed by atoms with E-state index in [4.69, 9.17) is 9.72 Å². The molecule has 1 aromatic rings. The smallest absolute Gasteiger partial charge is 0.185 e. The van der Waals surface area contributed by atoms with Gasteiger partial charge in [0.05, 0.1) is 12.3 Å². The van der Waals surface area contributed by atoms with E-state index < -0.39 is 0 Å². The summed E-state index contributed by atoms with van der Waals surface area (Å²) in [5.41, 5.74) is 1.23. The summed E-state index contributed by atoms with van der Waals surface area (Å²) in [6.07, 6.45) is 1.20. The third-order valence-corrected chi connectivity index (χ3v) is 4.59. The number of anilines is 1. The lowest BCUT2D eigenvalue weighted by molar-refractivity contribution is 0.199.